The Morgan fingerprint density at radius 3 is 2.55 bits per heavy atom. The lowest BCUT2D eigenvalue weighted by Gasteiger charge is -2.33. The number of benzene rings is 1. The maximum atomic E-state index is 12.8. The van der Waals surface area contributed by atoms with Crippen molar-refractivity contribution in [2.75, 3.05) is 13.7 Å². The number of hydrogen-bond donors (Lipinski definition) is 1. The molecule has 120 valence electrons. The van der Waals surface area contributed by atoms with Crippen molar-refractivity contribution in [3.63, 3.8) is 0 Å². The highest BCUT2D eigenvalue weighted by molar-refractivity contribution is 7.89. The summed E-state index contributed by atoms with van der Waals surface area (Å²) in [5.74, 6) is 0.258. The van der Waals surface area contributed by atoms with E-state index in [1.165, 1.54) is 22.5 Å². The highest BCUT2D eigenvalue weighted by Gasteiger charge is 2.33. The molecule has 1 fully saturated rings. The summed E-state index contributed by atoms with van der Waals surface area (Å²) in [5, 5.41) is 18.5. The molecule has 5 nitrogen and oxygen atoms in total. The predicted molar refractivity (Wildman–Crippen MR) is 83.9 cm³/mol. The molecule has 7 heteroatoms. The Balaban J connectivity index is 2.28. The molecule has 1 saturated carbocycles. The van der Waals surface area contributed by atoms with Gasteiger partial charge in [0.25, 0.3) is 0 Å². The van der Waals surface area contributed by atoms with E-state index < -0.39 is 10.0 Å². The SMILES string of the molecule is CN(C1CCC(CO)CC1)S(=O)(=O)c1cccc(Cl)c1C#N. The summed E-state index contributed by atoms with van der Waals surface area (Å²) in [6, 6.07) is 6.21. The quantitative estimate of drug-likeness (QED) is 0.910. The minimum absolute atomic E-state index is 0.0138. The van der Waals surface area contributed by atoms with Gasteiger partial charge in [0.2, 0.25) is 10.0 Å². The first-order chi connectivity index (χ1) is 10.4. The van der Waals surface area contributed by atoms with Gasteiger partial charge in [-0.05, 0) is 43.7 Å². The van der Waals surface area contributed by atoms with Crippen LogP contribution in [0.15, 0.2) is 23.1 Å². The molecule has 1 aromatic rings. The molecule has 0 spiro atoms. The lowest BCUT2D eigenvalue weighted by Crippen LogP contribution is -2.40. The molecule has 2 rings (SSSR count). The van der Waals surface area contributed by atoms with E-state index >= 15 is 0 Å². The summed E-state index contributed by atoms with van der Waals surface area (Å²) in [6.45, 7) is 0.149. The molecule has 1 aliphatic carbocycles. The summed E-state index contributed by atoms with van der Waals surface area (Å²) >= 11 is 5.93. The van der Waals surface area contributed by atoms with E-state index in [9.17, 15) is 18.8 Å². The molecule has 1 aromatic carbocycles. The number of aliphatic hydroxyl groups excluding tert-OH is 1. The zero-order chi connectivity index (χ0) is 16.3. The van der Waals surface area contributed by atoms with Crippen LogP contribution in [-0.4, -0.2) is 37.5 Å². The van der Waals surface area contributed by atoms with E-state index in [0.717, 1.165) is 12.8 Å². The van der Waals surface area contributed by atoms with Gasteiger partial charge in [-0.15, -0.1) is 0 Å². The van der Waals surface area contributed by atoms with Gasteiger partial charge in [0.1, 0.15) is 11.0 Å². The van der Waals surface area contributed by atoms with Gasteiger partial charge in [-0.25, -0.2) is 8.42 Å². The third kappa shape index (κ3) is 3.28. The van der Waals surface area contributed by atoms with Crippen LogP contribution in [0.5, 0.6) is 0 Å². The second-order valence-corrected chi connectivity index (χ2v) is 7.98. The number of nitriles is 1. The Morgan fingerprint density at radius 1 is 1.36 bits per heavy atom. The molecule has 22 heavy (non-hydrogen) atoms. The zero-order valence-electron chi connectivity index (χ0n) is 12.4. The average Bonchev–Trinajstić information content (AvgIpc) is 2.54. The first-order valence-corrected chi connectivity index (χ1v) is 9.01. The van der Waals surface area contributed by atoms with E-state index in [1.807, 2.05) is 6.07 Å². The highest BCUT2D eigenvalue weighted by Crippen LogP contribution is 2.31. The van der Waals surface area contributed by atoms with Gasteiger partial charge in [0, 0.05) is 19.7 Å². The average molecular weight is 343 g/mol. The number of hydrogen-bond acceptors (Lipinski definition) is 4. The van der Waals surface area contributed by atoms with Crippen LogP contribution < -0.4 is 0 Å². The molecule has 0 aromatic heterocycles. The second-order valence-electron chi connectivity index (χ2n) is 5.60. The molecule has 0 heterocycles. The minimum atomic E-state index is -3.76. The van der Waals surface area contributed by atoms with Crippen molar-refractivity contribution in [2.45, 2.75) is 36.6 Å². The molecule has 0 radical (unpaired) electrons. The summed E-state index contributed by atoms with van der Waals surface area (Å²) in [5.41, 5.74) is -0.0138. The van der Waals surface area contributed by atoms with Gasteiger partial charge in [0.15, 0.2) is 0 Å². The summed E-state index contributed by atoms with van der Waals surface area (Å²) in [7, 11) is -2.22. The lowest BCUT2D eigenvalue weighted by atomic mass is 9.87. The fourth-order valence-electron chi connectivity index (χ4n) is 2.87. The van der Waals surface area contributed by atoms with Crippen molar-refractivity contribution in [1.29, 1.82) is 5.26 Å². The second kappa shape index (κ2) is 6.97. The number of aliphatic hydroxyl groups is 1. The maximum Gasteiger partial charge on any atom is 0.244 e. The van der Waals surface area contributed by atoms with Crippen LogP contribution in [0.2, 0.25) is 5.02 Å². The fourth-order valence-corrected chi connectivity index (χ4v) is 4.72. The molecule has 0 aliphatic heterocycles. The number of rotatable bonds is 4. The van der Waals surface area contributed by atoms with Crippen LogP contribution in [0.1, 0.15) is 31.2 Å². The topological polar surface area (TPSA) is 81.4 Å². The Kier molecular flexibility index (Phi) is 5.45. The van der Waals surface area contributed by atoms with Gasteiger partial charge in [-0.3, -0.25) is 0 Å². The van der Waals surface area contributed by atoms with E-state index in [-0.39, 0.29) is 34.0 Å². The Bertz CT molecular complexity index is 677. The van der Waals surface area contributed by atoms with Gasteiger partial charge in [0.05, 0.1) is 10.6 Å². The first-order valence-electron chi connectivity index (χ1n) is 7.19. The molecule has 0 saturated heterocycles. The molecular formula is C15H19ClN2O3S. The van der Waals surface area contributed by atoms with Crippen LogP contribution in [0.4, 0.5) is 0 Å². The van der Waals surface area contributed by atoms with Crippen LogP contribution in [-0.2, 0) is 10.0 Å². The monoisotopic (exact) mass is 342 g/mol. The van der Waals surface area contributed by atoms with E-state index in [4.69, 9.17) is 11.6 Å². The summed E-state index contributed by atoms with van der Waals surface area (Å²) in [6.07, 6.45) is 3.04. The zero-order valence-corrected chi connectivity index (χ0v) is 13.9. The standard InChI is InChI=1S/C15H19ClN2O3S/c1-18(12-7-5-11(10-19)6-8-12)22(20,21)15-4-2-3-14(16)13(15)9-17/h2-4,11-12,19H,5-8,10H2,1H3. The molecule has 1 aliphatic rings. The number of halogens is 1. The first kappa shape index (κ1) is 17.2. The van der Waals surface area contributed by atoms with Gasteiger partial charge in [-0.2, -0.15) is 9.57 Å². The number of sulfonamides is 1. The molecule has 1 N–H and O–H groups in total. The van der Waals surface area contributed by atoms with Crippen molar-refractivity contribution in [3.8, 4) is 6.07 Å². The van der Waals surface area contributed by atoms with Gasteiger partial charge >= 0.3 is 0 Å². The molecule has 0 atom stereocenters. The molecule has 0 amide bonds. The smallest absolute Gasteiger partial charge is 0.244 e. The Labute approximate surface area is 136 Å². The molecule has 0 unspecified atom stereocenters. The summed E-state index contributed by atoms with van der Waals surface area (Å²) in [4.78, 5) is -0.0470. The Morgan fingerprint density at radius 2 is 2.00 bits per heavy atom. The van der Waals surface area contributed by atoms with Crippen LogP contribution in [0, 0.1) is 17.2 Å². The van der Waals surface area contributed by atoms with Crippen LogP contribution >= 0.6 is 11.6 Å². The van der Waals surface area contributed by atoms with E-state index in [0.29, 0.717) is 12.8 Å². The minimum Gasteiger partial charge on any atom is -0.396 e. The van der Waals surface area contributed by atoms with Crippen molar-refractivity contribution in [3.05, 3.63) is 28.8 Å². The largest absolute Gasteiger partial charge is 0.396 e. The van der Waals surface area contributed by atoms with E-state index in [2.05, 4.69) is 0 Å². The van der Waals surface area contributed by atoms with Crippen molar-refractivity contribution in [2.24, 2.45) is 5.92 Å². The fraction of sp³-hybridized carbons (Fsp3) is 0.533. The van der Waals surface area contributed by atoms with E-state index in [1.54, 1.807) is 7.05 Å². The van der Waals surface area contributed by atoms with Gasteiger partial charge < -0.3 is 5.11 Å². The van der Waals surface area contributed by atoms with Gasteiger partial charge in [-0.1, -0.05) is 17.7 Å². The van der Waals surface area contributed by atoms with Crippen molar-refractivity contribution >= 4 is 21.6 Å². The lowest BCUT2D eigenvalue weighted by molar-refractivity contribution is 0.159. The Hall–Kier alpha value is -1.13. The summed E-state index contributed by atoms with van der Waals surface area (Å²) < 4.78 is 26.9. The van der Waals surface area contributed by atoms with Crippen LogP contribution in [0.3, 0.4) is 0 Å². The maximum absolute atomic E-state index is 12.8. The van der Waals surface area contributed by atoms with Crippen molar-refractivity contribution in [1.82, 2.24) is 4.31 Å². The predicted octanol–water partition coefficient (Wildman–Crippen LogP) is 2.38. The number of nitrogens with zero attached hydrogens (tertiary/aromatic N) is 2. The highest BCUT2D eigenvalue weighted by atomic mass is 35.5. The molecule has 0 bridgehead atoms. The normalized spacial score (nSPS) is 22.5. The van der Waals surface area contributed by atoms with Crippen molar-refractivity contribution < 1.29 is 13.5 Å². The third-order valence-electron chi connectivity index (χ3n) is 4.33. The third-order valence-corrected chi connectivity index (χ3v) is 6.60. The molecular weight excluding hydrogens is 324 g/mol. The van der Waals surface area contributed by atoms with Crippen LogP contribution in [0.25, 0.3) is 0 Å².